The Kier molecular flexibility index (Phi) is 4.59. The van der Waals surface area contributed by atoms with Gasteiger partial charge in [0.25, 0.3) is 5.91 Å². The molecule has 0 bridgehead atoms. The van der Waals surface area contributed by atoms with Gasteiger partial charge in [-0.3, -0.25) is 4.79 Å². The SMILES string of the molecule is CC1CCCCN1C(=O)c1ccc(C#CCN)cc1. The van der Waals surface area contributed by atoms with E-state index in [0.29, 0.717) is 12.6 Å². The monoisotopic (exact) mass is 256 g/mol. The van der Waals surface area contributed by atoms with Crippen LogP contribution in [-0.4, -0.2) is 29.9 Å². The Bertz CT molecular complexity index is 496. The third-order valence-electron chi connectivity index (χ3n) is 3.53. The maximum absolute atomic E-state index is 12.4. The lowest BCUT2D eigenvalue weighted by atomic mass is 10.0. The molecule has 1 fully saturated rings. The number of piperidine rings is 1. The lowest BCUT2D eigenvalue weighted by Crippen LogP contribution is -2.41. The molecular formula is C16H20N2O. The number of benzene rings is 1. The van der Waals surface area contributed by atoms with Gasteiger partial charge < -0.3 is 10.6 Å². The molecule has 0 spiro atoms. The van der Waals surface area contributed by atoms with E-state index in [9.17, 15) is 4.79 Å². The van der Waals surface area contributed by atoms with Crippen molar-refractivity contribution in [3.63, 3.8) is 0 Å². The first kappa shape index (κ1) is 13.6. The number of hydrogen-bond acceptors (Lipinski definition) is 2. The number of amides is 1. The van der Waals surface area contributed by atoms with Gasteiger partial charge in [-0.2, -0.15) is 0 Å². The van der Waals surface area contributed by atoms with Crippen molar-refractivity contribution in [2.45, 2.75) is 32.2 Å². The number of rotatable bonds is 1. The third-order valence-corrected chi connectivity index (χ3v) is 3.53. The van der Waals surface area contributed by atoms with E-state index >= 15 is 0 Å². The van der Waals surface area contributed by atoms with E-state index < -0.39 is 0 Å². The van der Waals surface area contributed by atoms with Crippen LogP contribution in [0.2, 0.25) is 0 Å². The molecule has 1 amide bonds. The molecule has 3 heteroatoms. The highest BCUT2D eigenvalue weighted by Crippen LogP contribution is 2.19. The molecule has 1 atom stereocenters. The molecule has 2 N–H and O–H groups in total. The van der Waals surface area contributed by atoms with Crippen molar-refractivity contribution in [1.29, 1.82) is 0 Å². The van der Waals surface area contributed by atoms with Crippen LogP contribution in [0.3, 0.4) is 0 Å². The highest BCUT2D eigenvalue weighted by Gasteiger charge is 2.23. The predicted molar refractivity (Wildman–Crippen MR) is 76.7 cm³/mol. The molecule has 0 aliphatic carbocycles. The molecule has 1 aromatic carbocycles. The Morgan fingerprint density at radius 2 is 2.11 bits per heavy atom. The summed E-state index contributed by atoms with van der Waals surface area (Å²) in [5.74, 6) is 5.90. The van der Waals surface area contributed by atoms with E-state index in [1.807, 2.05) is 29.2 Å². The summed E-state index contributed by atoms with van der Waals surface area (Å²) in [4.78, 5) is 14.4. The molecule has 2 rings (SSSR count). The van der Waals surface area contributed by atoms with Gasteiger partial charge in [-0.25, -0.2) is 0 Å². The van der Waals surface area contributed by atoms with Gasteiger partial charge in [-0.1, -0.05) is 11.8 Å². The molecule has 1 aliphatic heterocycles. The normalized spacial score (nSPS) is 18.6. The van der Waals surface area contributed by atoms with Crippen molar-refractivity contribution < 1.29 is 4.79 Å². The number of likely N-dealkylation sites (tertiary alicyclic amines) is 1. The highest BCUT2D eigenvalue weighted by molar-refractivity contribution is 5.94. The second kappa shape index (κ2) is 6.40. The smallest absolute Gasteiger partial charge is 0.254 e. The van der Waals surface area contributed by atoms with Crippen LogP contribution in [0.25, 0.3) is 0 Å². The Labute approximate surface area is 114 Å². The molecule has 100 valence electrons. The zero-order valence-electron chi connectivity index (χ0n) is 11.4. The average Bonchev–Trinajstić information content (AvgIpc) is 2.45. The van der Waals surface area contributed by atoms with Crippen LogP contribution in [0, 0.1) is 11.8 Å². The van der Waals surface area contributed by atoms with Gasteiger partial charge >= 0.3 is 0 Å². The topological polar surface area (TPSA) is 46.3 Å². The first-order chi connectivity index (χ1) is 9.22. The number of carbonyl (C=O) groups excluding carboxylic acids is 1. The summed E-state index contributed by atoms with van der Waals surface area (Å²) in [5, 5.41) is 0. The number of carbonyl (C=O) groups is 1. The largest absolute Gasteiger partial charge is 0.336 e. The summed E-state index contributed by atoms with van der Waals surface area (Å²) in [7, 11) is 0. The minimum atomic E-state index is 0.130. The Morgan fingerprint density at radius 3 is 2.74 bits per heavy atom. The molecule has 1 unspecified atom stereocenters. The molecular weight excluding hydrogens is 236 g/mol. The fraction of sp³-hybridized carbons (Fsp3) is 0.438. The van der Waals surface area contributed by atoms with Gasteiger partial charge in [0, 0.05) is 23.7 Å². The number of hydrogen-bond donors (Lipinski definition) is 1. The van der Waals surface area contributed by atoms with Gasteiger partial charge in [-0.05, 0) is 50.5 Å². The van der Waals surface area contributed by atoms with E-state index in [2.05, 4.69) is 18.8 Å². The molecule has 0 radical (unpaired) electrons. The van der Waals surface area contributed by atoms with Crippen LogP contribution >= 0.6 is 0 Å². The van der Waals surface area contributed by atoms with Crippen molar-refractivity contribution >= 4 is 5.91 Å². The summed E-state index contributed by atoms with van der Waals surface area (Å²) in [5.41, 5.74) is 6.97. The summed E-state index contributed by atoms with van der Waals surface area (Å²) < 4.78 is 0. The van der Waals surface area contributed by atoms with E-state index in [-0.39, 0.29) is 5.91 Å². The fourth-order valence-corrected chi connectivity index (χ4v) is 2.41. The van der Waals surface area contributed by atoms with E-state index in [0.717, 1.165) is 30.5 Å². The van der Waals surface area contributed by atoms with Crippen molar-refractivity contribution in [2.75, 3.05) is 13.1 Å². The van der Waals surface area contributed by atoms with E-state index in [1.165, 1.54) is 6.42 Å². The van der Waals surface area contributed by atoms with E-state index in [1.54, 1.807) is 0 Å². The highest BCUT2D eigenvalue weighted by atomic mass is 16.2. The Morgan fingerprint density at radius 1 is 1.37 bits per heavy atom. The molecule has 1 heterocycles. The zero-order chi connectivity index (χ0) is 13.7. The molecule has 0 aromatic heterocycles. The lowest BCUT2D eigenvalue weighted by molar-refractivity contribution is 0.0635. The average molecular weight is 256 g/mol. The van der Waals surface area contributed by atoms with Crippen LogP contribution in [-0.2, 0) is 0 Å². The maximum Gasteiger partial charge on any atom is 0.254 e. The van der Waals surface area contributed by atoms with Crippen LogP contribution in [0.4, 0.5) is 0 Å². The minimum Gasteiger partial charge on any atom is -0.336 e. The van der Waals surface area contributed by atoms with Crippen LogP contribution in [0.15, 0.2) is 24.3 Å². The van der Waals surface area contributed by atoms with Crippen molar-refractivity contribution in [1.82, 2.24) is 4.90 Å². The van der Waals surface area contributed by atoms with Crippen molar-refractivity contribution in [2.24, 2.45) is 5.73 Å². The molecule has 1 aliphatic rings. The minimum absolute atomic E-state index is 0.130. The van der Waals surface area contributed by atoms with Crippen LogP contribution in [0.5, 0.6) is 0 Å². The Hall–Kier alpha value is -1.79. The first-order valence-corrected chi connectivity index (χ1v) is 6.82. The zero-order valence-corrected chi connectivity index (χ0v) is 11.4. The summed E-state index contributed by atoms with van der Waals surface area (Å²) in [6.07, 6.45) is 3.43. The van der Waals surface area contributed by atoms with Crippen molar-refractivity contribution in [3.8, 4) is 11.8 Å². The summed E-state index contributed by atoms with van der Waals surface area (Å²) >= 11 is 0. The van der Waals surface area contributed by atoms with Crippen LogP contribution < -0.4 is 5.73 Å². The van der Waals surface area contributed by atoms with Gasteiger partial charge in [0.05, 0.1) is 6.54 Å². The predicted octanol–water partition coefficient (Wildman–Crippen LogP) is 2.01. The fourth-order valence-electron chi connectivity index (χ4n) is 2.41. The van der Waals surface area contributed by atoms with Gasteiger partial charge in [0.1, 0.15) is 0 Å². The van der Waals surface area contributed by atoms with Crippen molar-refractivity contribution in [3.05, 3.63) is 35.4 Å². The summed E-state index contributed by atoms with van der Waals surface area (Å²) in [6.45, 7) is 3.35. The summed E-state index contributed by atoms with van der Waals surface area (Å²) in [6, 6.07) is 7.81. The van der Waals surface area contributed by atoms with Gasteiger partial charge in [0.15, 0.2) is 0 Å². The molecule has 1 aromatic rings. The van der Waals surface area contributed by atoms with Gasteiger partial charge in [0.2, 0.25) is 0 Å². The van der Waals surface area contributed by atoms with E-state index in [4.69, 9.17) is 5.73 Å². The quantitative estimate of drug-likeness (QED) is 0.781. The van der Waals surface area contributed by atoms with Gasteiger partial charge in [-0.15, -0.1) is 0 Å². The molecule has 19 heavy (non-hydrogen) atoms. The number of nitrogens with zero attached hydrogens (tertiary/aromatic N) is 1. The third kappa shape index (κ3) is 3.36. The first-order valence-electron chi connectivity index (χ1n) is 6.82. The molecule has 0 saturated carbocycles. The lowest BCUT2D eigenvalue weighted by Gasteiger charge is -2.33. The maximum atomic E-state index is 12.4. The Balaban J connectivity index is 2.10. The molecule has 3 nitrogen and oxygen atoms in total. The van der Waals surface area contributed by atoms with Crippen LogP contribution in [0.1, 0.15) is 42.1 Å². The molecule has 1 saturated heterocycles. The standard InChI is InChI=1S/C16H20N2O/c1-13-5-2-3-12-18(13)16(19)15-9-7-14(8-10-15)6-4-11-17/h7-10,13H,2-3,5,11-12,17H2,1H3. The number of nitrogens with two attached hydrogens (primary N) is 1. The second-order valence-corrected chi connectivity index (χ2v) is 4.93. The second-order valence-electron chi connectivity index (χ2n) is 4.93.